The van der Waals surface area contributed by atoms with Gasteiger partial charge in [0.2, 0.25) is 5.91 Å². The van der Waals surface area contributed by atoms with Gasteiger partial charge in [0.05, 0.1) is 0 Å². The van der Waals surface area contributed by atoms with Crippen molar-refractivity contribution in [1.82, 2.24) is 15.1 Å². The van der Waals surface area contributed by atoms with Gasteiger partial charge in [-0.15, -0.1) is 0 Å². The molecule has 1 N–H and O–H groups in total. The van der Waals surface area contributed by atoms with Crippen molar-refractivity contribution in [3.63, 3.8) is 0 Å². The highest BCUT2D eigenvalue weighted by Gasteiger charge is 2.21. The lowest BCUT2D eigenvalue weighted by Gasteiger charge is -2.31. The Labute approximate surface area is 104 Å². The van der Waals surface area contributed by atoms with E-state index < -0.39 is 0 Å². The van der Waals surface area contributed by atoms with Crippen LogP contribution in [0.25, 0.3) is 0 Å². The first-order chi connectivity index (χ1) is 8.25. The van der Waals surface area contributed by atoms with E-state index in [0.29, 0.717) is 12.3 Å². The molecular formula is C13H25N3O. The highest BCUT2D eigenvalue weighted by atomic mass is 16.2. The van der Waals surface area contributed by atoms with E-state index in [1.807, 2.05) is 11.9 Å². The van der Waals surface area contributed by atoms with Crippen molar-refractivity contribution in [2.24, 2.45) is 5.92 Å². The van der Waals surface area contributed by atoms with Crippen LogP contribution in [0.3, 0.4) is 0 Å². The highest BCUT2D eigenvalue weighted by molar-refractivity contribution is 5.76. The van der Waals surface area contributed by atoms with Crippen LogP contribution in [0.5, 0.6) is 0 Å². The van der Waals surface area contributed by atoms with Crippen molar-refractivity contribution >= 4 is 5.91 Å². The first-order valence-electron chi connectivity index (χ1n) is 6.93. The predicted molar refractivity (Wildman–Crippen MR) is 68.9 cm³/mol. The topological polar surface area (TPSA) is 35.6 Å². The van der Waals surface area contributed by atoms with Gasteiger partial charge >= 0.3 is 0 Å². The van der Waals surface area contributed by atoms with Crippen molar-refractivity contribution in [2.75, 3.05) is 46.3 Å². The Morgan fingerprint density at radius 1 is 1.35 bits per heavy atom. The third-order valence-electron chi connectivity index (χ3n) is 4.03. The molecular weight excluding hydrogens is 214 g/mol. The molecule has 2 rings (SSSR count). The maximum atomic E-state index is 11.9. The first-order valence-corrected chi connectivity index (χ1v) is 6.93. The fourth-order valence-corrected chi connectivity index (χ4v) is 2.54. The summed E-state index contributed by atoms with van der Waals surface area (Å²) in [5.74, 6) is 1.10. The average Bonchev–Trinajstić information content (AvgIpc) is 2.32. The predicted octanol–water partition coefficient (Wildman–Crippen LogP) is 0.540. The van der Waals surface area contributed by atoms with Gasteiger partial charge in [0.25, 0.3) is 0 Å². The number of hydrogen-bond donors (Lipinski definition) is 1. The maximum absolute atomic E-state index is 11.9. The van der Waals surface area contributed by atoms with Gasteiger partial charge in [0, 0.05) is 52.7 Å². The normalized spacial score (nSPS) is 22.2. The van der Waals surface area contributed by atoms with Crippen molar-refractivity contribution in [2.45, 2.75) is 25.7 Å². The zero-order chi connectivity index (χ0) is 12.1. The fourth-order valence-electron chi connectivity index (χ4n) is 2.54. The van der Waals surface area contributed by atoms with Crippen LogP contribution in [0.15, 0.2) is 0 Å². The molecule has 0 aromatic heterocycles. The second kappa shape index (κ2) is 6.36. The molecule has 0 radical (unpaired) electrons. The zero-order valence-electron chi connectivity index (χ0n) is 11.0. The summed E-state index contributed by atoms with van der Waals surface area (Å²) >= 11 is 0. The standard InChI is InChI=1S/C13H25N3O/c1-15(11-12-3-2-4-12)13(17)5-8-16-9-6-14-7-10-16/h12,14H,2-11H2,1H3. The third-order valence-corrected chi connectivity index (χ3v) is 4.03. The molecule has 1 amide bonds. The van der Waals surface area contributed by atoms with Crippen LogP contribution in [-0.4, -0.2) is 62.0 Å². The zero-order valence-corrected chi connectivity index (χ0v) is 11.0. The molecule has 17 heavy (non-hydrogen) atoms. The molecule has 0 spiro atoms. The van der Waals surface area contributed by atoms with Crippen molar-refractivity contribution < 1.29 is 4.79 Å². The molecule has 4 nitrogen and oxygen atoms in total. The minimum atomic E-state index is 0.315. The van der Waals surface area contributed by atoms with E-state index in [1.54, 1.807) is 0 Å². The van der Waals surface area contributed by atoms with Crippen LogP contribution >= 0.6 is 0 Å². The number of nitrogens with zero attached hydrogens (tertiary/aromatic N) is 2. The molecule has 0 bridgehead atoms. The Balaban J connectivity index is 1.61. The van der Waals surface area contributed by atoms with Gasteiger partial charge in [-0.1, -0.05) is 6.42 Å². The number of carbonyl (C=O) groups is 1. The van der Waals surface area contributed by atoms with Gasteiger partial charge in [-0.05, 0) is 18.8 Å². The van der Waals surface area contributed by atoms with E-state index >= 15 is 0 Å². The van der Waals surface area contributed by atoms with Gasteiger partial charge in [-0.3, -0.25) is 4.79 Å². The summed E-state index contributed by atoms with van der Waals surface area (Å²) in [7, 11) is 1.96. The molecule has 4 heteroatoms. The summed E-state index contributed by atoms with van der Waals surface area (Å²) in [5, 5.41) is 3.33. The number of nitrogens with one attached hydrogen (secondary N) is 1. The summed E-state index contributed by atoms with van der Waals surface area (Å²) in [4.78, 5) is 16.3. The number of piperazine rings is 1. The molecule has 0 aromatic carbocycles. The molecule has 1 aliphatic heterocycles. The lowest BCUT2D eigenvalue weighted by atomic mass is 9.85. The van der Waals surface area contributed by atoms with Gasteiger partial charge in [-0.2, -0.15) is 0 Å². The van der Waals surface area contributed by atoms with Gasteiger partial charge in [0.15, 0.2) is 0 Å². The average molecular weight is 239 g/mol. The Morgan fingerprint density at radius 3 is 2.65 bits per heavy atom. The Morgan fingerprint density at radius 2 is 2.06 bits per heavy atom. The number of amides is 1. The lowest BCUT2D eigenvalue weighted by Crippen LogP contribution is -2.45. The minimum absolute atomic E-state index is 0.315. The molecule has 2 aliphatic rings. The molecule has 1 aliphatic carbocycles. The van der Waals surface area contributed by atoms with E-state index in [0.717, 1.165) is 45.2 Å². The molecule has 1 saturated heterocycles. The first kappa shape index (κ1) is 12.8. The van der Waals surface area contributed by atoms with Gasteiger partial charge in [-0.25, -0.2) is 0 Å². The molecule has 1 saturated carbocycles. The van der Waals surface area contributed by atoms with Crippen molar-refractivity contribution in [3.05, 3.63) is 0 Å². The fraction of sp³-hybridized carbons (Fsp3) is 0.923. The number of rotatable bonds is 5. The SMILES string of the molecule is CN(CC1CCC1)C(=O)CCN1CCNCC1. The second-order valence-electron chi connectivity index (χ2n) is 5.41. The van der Waals surface area contributed by atoms with Crippen LogP contribution in [0, 0.1) is 5.92 Å². The smallest absolute Gasteiger partial charge is 0.223 e. The van der Waals surface area contributed by atoms with E-state index in [4.69, 9.17) is 0 Å². The van der Waals surface area contributed by atoms with E-state index in [-0.39, 0.29) is 0 Å². The van der Waals surface area contributed by atoms with Crippen LogP contribution in [0.1, 0.15) is 25.7 Å². The van der Waals surface area contributed by atoms with Gasteiger partial charge < -0.3 is 15.1 Å². The molecule has 1 heterocycles. The summed E-state index contributed by atoms with van der Waals surface area (Å²) in [6, 6.07) is 0. The molecule has 0 unspecified atom stereocenters. The van der Waals surface area contributed by atoms with Crippen LogP contribution in [0.4, 0.5) is 0 Å². The van der Waals surface area contributed by atoms with E-state index in [2.05, 4.69) is 10.2 Å². The second-order valence-corrected chi connectivity index (χ2v) is 5.41. The van der Waals surface area contributed by atoms with Crippen LogP contribution in [0.2, 0.25) is 0 Å². The highest BCUT2D eigenvalue weighted by Crippen LogP contribution is 2.26. The van der Waals surface area contributed by atoms with Crippen molar-refractivity contribution in [1.29, 1.82) is 0 Å². The quantitative estimate of drug-likeness (QED) is 0.760. The van der Waals surface area contributed by atoms with Gasteiger partial charge in [0.1, 0.15) is 0 Å². The monoisotopic (exact) mass is 239 g/mol. The van der Waals surface area contributed by atoms with Crippen LogP contribution in [-0.2, 0) is 4.79 Å². The molecule has 2 fully saturated rings. The number of carbonyl (C=O) groups excluding carboxylic acids is 1. The van der Waals surface area contributed by atoms with Crippen LogP contribution < -0.4 is 5.32 Å². The van der Waals surface area contributed by atoms with Crippen molar-refractivity contribution in [3.8, 4) is 0 Å². The largest absolute Gasteiger partial charge is 0.345 e. The third kappa shape index (κ3) is 3.96. The maximum Gasteiger partial charge on any atom is 0.223 e. The minimum Gasteiger partial charge on any atom is -0.345 e. The Hall–Kier alpha value is -0.610. The summed E-state index contributed by atoms with van der Waals surface area (Å²) in [6.07, 6.45) is 4.67. The Bertz CT molecular complexity index is 247. The summed E-state index contributed by atoms with van der Waals surface area (Å²) in [5.41, 5.74) is 0. The lowest BCUT2D eigenvalue weighted by molar-refractivity contribution is -0.131. The Kier molecular flexibility index (Phi) is 4.80. The van der Waals surface area contributed by atoms with E-state index in [9.17, 15) is 4.79 Å². The molecule has 98 valence electrons. The summed E-state index contributed by atoms with van der Waals surface area (Å²) in [6.45, 7) is 6.19. The number of hydrogen-bond acceptors (Lipinski definition) is 3. The van der Waals surface area contributed by atoms with E-state index in [1.165, 1.54) is 19.3 Å². The molecule has 0 aromatic rings. The molecule has 0 atom stereocenters. The summed E-state index contributed by atoms with van der Waals surface area (Å²) < 4.78 is 0.